The van der Waals surface area contributed by atoms with Gasteiger partial charge in [0.2, 0.25) is 0 Å². The van der Waals surface area contributed by atoms with Crippen LogP contribution in [0.5, 0.6) is 0 Å². The van der Waals surface area contributed by atoms with Crippen LogP contribution >= 0.6 is 15.9 Å². The zero-order valence-corrected chi connectivity index (χ0v) is 14.2. The third-order valence-electron chi connectivity index (χ3n) is 4.58. The second-order valence-corrected chi connectivity index (χ2v) is 6.94. The fraction of sp³-hybridized carbons (Fsp3) is 0.647. The average molecular weight is 353 g/mol. The van der Waals surface area contributed by atoms with E-state index in [4.69, 9.17) is 4.74 Å². The van der Waals surface area contributed by atoms with Crippen LogP contribution in [0.25, 0.3) is 0 Å². The quantitative estimate of drug-likeness (QED) is 0.826. The normalized spacial score (nSPS) is 25.1. The predicted octanol–water partition coefficient (Wildman–Crippen LogP) is 3.31. The molecule has 0 aromatic heterocycles. The molecule has 21 heavy (non-hydrogen) atoms. The largest absolute Gasteiger partial charge is 0.371 e. The van der Waals surface area contributed by atoms with Crippen molar-refractivity contribution in [1.82, 2.24) is 9.80 Å². The van der Waals surface area contributed by atoms with Gasteiger partial charge in [-0.05, 0) is 37.6 Å². The van der Waals surface area contributed by atoms with Gasteiger partial charge in [-0.3, -0.25) is 4.90 Å². The molecule has 0 saturated carbocycles. The summed E-state index contributed by atoms with van der Waals surface area (Å²) >= 11 is 3.65. The molecule has 1 atom stereocenters. The molecular weight excluding hydrogens is 328 g/mol. The first-order chi connectivity index (χ1) is 10.3. The van der Waals surface area contributed by atoms with Crippen LogP contribution in [0.4, 0.5) is 0 Å². The van der Waals surface area contributed by atoms with E-state index in [-0.39, 0.29) is 6.10 Å². The number of rotatable bonds is 4. The maximum Gasteiger partial charge on any atom is 0.0963 e. The lowest BCUT2D eigenvalue weighted by atomic mass is 10.1. The molecule has 116 valence electrons. The van der Waals surface area contributed by atoms with Crippen LogP contribution in [0.15, 0.2) is 28.7 Å². The van der Waals surface area contributed by atoms with Crippen molar-refractivity contribution in [1.29, 1.82) is 0 Å². The van der Waals surface area contributed by atoms with E-state index < -0.39 is 0 Å². The molecule has 0 radical (unpaired) electrons. The number of hydrogen-bond acceptors (Lipinski definition) is 3. The minimum atomic E-state index is 0.204. The second kappa shape index (κ2) is 7.73. The van der Waals surface area contributed by atoms with Gasteiger partial charge in [0.1, 0.15) is 0 Å². The monoisotopic (exact) mass is 352 g/mol. The Hall–Kier alpha value is -0.420. The van der Waals surface area contributed by atoms with E-state index in [1.165, 1.54) is 51.0 Å². The highest BCUT2D eigenvalue weighted by Gasteiger charge is 2.23. The molecule has 2 fully saturated rings. The molecule has 0 N–H and O–H groups in total. The van der Waals surface area contributed by atoms with Crippen molar-refractivity contribution in [3.63, 3.8) is 0 Å². The molecule has 2 aliphatic rings. The molecule has 2 saturated heterocycles. The number of nitrogens with zero attached hydrogens (tertiary/aromatic N) is 2. The fourth-order valence-corrected chi connectivity index (χ4v) is 3.84. The lowest BCUT2D eigenvalue weighted by Gasteiger charge is -2.35. The van der Waals surface area contributed by atoms with Crippen LogP contribution in [0.2, 0.25) is 0 Å². The zero-order chi connectivity index (χ0) is 14.5. The Balaban J connectivity index is 1.52. The Morgan fingerprint density at radius 1 is 1.00 bits per heavy atom. The van der Waals surface area contributed by atoms with E-state index in [0.717, 1.165) is 24.2 Å². The molecule has 0 aliphatic carbocycles. The maximum atomic E-state index is 5.98. The Kier molecular flexibility index (Phi) is 5.69. The Labute approximate surface area is 136 Å². The number of halogens is 1. The van der Waals surface area contributed by atoms with E-state index in [1.54, 1.807) is 0 Å². The van der Waals surface area contributed by atoms with Crippen molar-refractivity contribution in [2.45, 2.75) is 25.4 Å². The maximum absolute atomic E-state index is 5.98. The van der Waals surface area contributed by atoms with Crippen LogP contribution in [-0.4, -0.2) is 55.7 Å². The van der Waals surface area contributed by atoms with Gasteiger partial charge in [0.25, 0.3) is 0 Å². The first kappa shape index (κ1) is 15.5. The molecule has 0 bridgehead atoms. The highest BCUT2D eigenvalue weighted by Crippen LogP contribution is 2.28. The summed E-state index contributed by atoms with van der Waals surface area (Å²) in [5.74, 6) is 0. The van der Waals surface area contributed by atoms with Gasteiger partial charge in [0.05, 0.1) is 12.7 Å². The van der Waals surface area contributed by atoms with E-state index in [1.807, 2.05) is 0 Å². The summed E-state index contributed by atoms with van der Waals surface area (Å²) in [6.07, 6.45) is 4.37. The van der Waals surface area contributed by atoms with Crippen LogP contribution < -0.4 is 0 Å². The van der Waals surface area contributed by atoms with E-state index >= 15 is 0 Å². The number of likely N-dealkylation sites (tertiary alicyclic amines) is 1. The van der Waals surface area contributed by atoms with Crippen molar-refractivity contribution in [3.05, 3.63) is 34.3 Å². The summed E-state index contributed by atoms with van der Waals surface area (Å²) in [5, 5.41) is 0. The molecule has 1 aromatic carbocycles. The van der Waals surface area contributed by atoms with E-state index in [9.17, 15) is 0 Å². The van der Waals surface area contributed by atoms with Crippen LogP contribution in [0.1, 0.15) is 30.9 Å². The van der Waals surface area contributed by atoms with Gasteiger partial charge < -0.3 is 9.64 Å². The van der Waals surface area contributed by atoms with Gasteiger partial charge >= 0.3 is 0 Å². The van der Waals surface area contributed by atoms with Gasteiger partial charge in [0, 0.05) is 30.7 Å². The number of benzene rings is 1. The van der Waals surface area contributed by atoms with Gasteiger partial charge in [-0.1, -0.05) is 40.5 Å². The van der Waals surface area contributed by atoms with Crippen molar-refractivity contribution >= 4 is 15.9 Å². The topological polar surface area (TPSA) is 15.7 Å². The Morgan fingerprint density at radius 2 is 1.76 bits per heavy atom. The summed E-state index contributed by atoms with van der Waals surface area (Å²) in [7, 11) is 0. The van der Waals surface area contributed by atoms with Crippen molar-refractivity contribution in [2.75, 3.05) is 45.9 Å². The van der Waals surface area contributed by atoms with Crippen molar-refractivity contribution < 1.29 is 4.74 Å². The summed E-state index contributed by atoms with van der Waals surface area (Å²) in [5.41, 5.74) is 1.28. The summed E-state index contributed by atoms with van der Waals surface area (Å²) in [6.45, 7) is 7.88. The lowest BCUT2D eigenvalue weighted by molar-refractivity contribution is -0.0328. The average Bonchev–Trinajstić information content (AvgIpc) is 2.55. The lowest BCUT2D eigenvalue weighted by Crippen LogP contribution is -2.43. The molecule has 0 amide bonds. The van der Waals surface area contributed by atoms with Gasteiger partial charge in [-0.2, -0.15) is 0 Å². The molecule has 2 aliphatic heterocycles. The van der Waals surface area contributed by atoms with Gasteiger partial charge in [-0.15, -0.1) is 0 Å². The highest BCUT2D eigenvalue weighted by atomic mass is 79.9. The minimum Gasteiger partial charge on any atom is -0.371 e. The van der Waals surface area contributed by atoms with Crippen LogP contribution in [0, 0.1) is 0 Å². The first-order valence-corrected chi connectivity index (χ1v) is 8.93. The van der Waals surface area contributed by atoms with Gasteiger partial charge in [0.15, 0.2) is 0 Å². The number of piperidine rings is 1. The van der Waals surface area contributed by atoms with Crippen molar-refractivity contribution in [3.8, 4) is 0 Å². The summed E-state index contributed by atoms with van der Waals surface area (Å²) in [4.78, 5) is 5.18. The standard InChI is InChI=1S/C17H25BrN2O/c18-16-7-3-2-6-15(16)17-14-20(12-13-21-17)11-10-19-8-4-1-5-9-19/h2-3,6-7,17H,1,4-5,8-14H2. The minimum absolute atomic E-state index is 0.204. The molecule has 3 nitrogen and oxygen atoms in total. The summed E-state index contributed by atoms with van der Waals surface area (Å²) < 4.78 is 7.14. The van der Waals surface area contributed by atoms with E-state index in [0.29, 0.717) is 0 Å². The number of hydrogen-bond donors (Lipinski definition) is 0. The number of ether oxygens (including phenoxy) is 1. The van der Waals surface area contributed by atoms with Gasteiger partial charge in [-0.25, -0.2) is 0 Å². The van der Waals surface area contributed by atoms with Crippen LogP contribution in [-0.2, 0) is 4.74 Å². The molecule has 3 rings (SSSR count). The SMILES string of the molecule is Brc1ccccc1C1CN(CCN2CCCCC2)CCO1. The molecule has 2 heterocycles. The molecule has 1 aromatic rings. The van der Waals surface area contributed by atoms with Crippen molar-refractivity contribution in [2.24, 2.45) is 0 Å². The summed E-state index contributed by atoms with van der Waals surface area (Å²) in [6, 6.07) is 8.43. The fourth-order valence-electron chi connectivity index (χ4n) is 3.30. The third-order valence-corrected chi connectivity index (χ3v) is 5.31. The molecular formula is C17H25BrN2O. The zero-order valence-electron chi connectivity index (χ0n) is 12.6. The predicted molar refractivity (Wildman–Crippen MR) is 89.6 cm³/mol. The second-order valence-electron chi connectivity index (χ2n) is 6.08. The van der Waals surface area contributed by atoms with E-state index in [2.05, 4.69) is 50.0 Å². The Bertz CT molecular complexity index is 448. The highest BCUT2D eigenvalue weighted by molar-refractivity contribution is 9.10. The smallest absolute Gasteiger partial charge is 0.0963 e. The van der Waals surface area contributed by atoms with Crippen LogP contribution in [0.3, 0.4) is 0 Å². The third kappa shape index (κ3) is 4.28. The molecule has 0 spiro atoms. The molecule has 4 heteroatoms. The first-order valence-electron chi connectivity index (χ1n) is 8.13. The Morgan fingerprint density at radius 3 is 2.57 bits per heavy atom. The molecule has 1 unspecified atom stereocenters. The number of morpholine rings is 1.